The number of likely N-dealkylation sites (tertiary alicyclic amines) is 1. The molecule has 1 aromatic carbocycles. The van der Waals surface area contributed by atoms with Crippen molar-refractivity contribution < 1.29 is 9.53 Å². The van der Waals surface area contributed by atoms with E-state index in [1.165, 1.54) is 35.7 Å². The maximum absolute atomic E-state index is 12.7. The van der Waals surface area contributed by atoms with Crippen LogP contribution in [0.15, 0.2) is 24.4 Å². The van der Waals surface area contributed by atoms with Crippen molar-refractivity contribution in [1.82, 2.24) is 15.2 Å². The van der Waals surface area contributed by atoms with E-state index in [4.69, 9.17) is 4.74 Å². The number of aromatic amines is 1. The largest absolute Gasteiger partial charge is 0.497 e. The Labute approximate surface area is 167 Å². The molecule has 1 aromatic heterocycles. The van der Waals surface area contributed by atoms with Crippen molar-refractivity contribution in [2.24, 2.45) is 0 Å². The first-order chi connectivity index (χ1) is 13.7. The van der Waals surface area contributed by atoms with Crippen LogP contribution in [0.5, 0.6) is 5.75 Å². The number of aromatic nitrogens is 1. The standard InChI is InChI=1S/C23H33N3O2/c1-16(23(27)25-18-6-4-3-5-7-18)26-12-10-17(11-13-26)21-15-24-22-9-8-19(28-2)14-20(21)22/h8-9,14-18,24H,3-7,10-13H2,1-2H3,(H,25,27). The summed E-state index contributed by atoms with van der Waals surface area (Å²) in [5.74, 6) is 1.65. The van der Waals surface area contributed by atoms with Gasteiger partial charge in [0.1, 0.15) is 5.75 Å². The Balaban J connectivity index is 1.36. The summed E-state index contributed by atoms with van der Waals surface area (Å²) in [5.41, 5.74) is 2.55. The quantitative estimate of drug-likeness (QED) is 0.814. The number of hydrogen-bond donors (Lipinski definition) is 2. The number of nitrogens with one attached hydrogen (secondary N) is 2. The second-order valence-electron chi connectivity index (χ2n) is 8.49. The lowest BCUT2D eigenvalue weighted by molar-refractivity contribution is -0.127. The lowest BCUT2D eigenvalue weighted by atomic mass is 9.88. The molecule has 1 aliphatic carbocycles. The second kappa shape index (κ2) is 8.56. The third-order valence-electron chi connectivity index (χ3n) is 6.77. The molecule has 0 bridgehead atoms. The molecule has 1 saturated heterocycles. The average Bonchev–Trinajstić information content (AvgIpc) is 3.17. The van der Waals surface area contributed by atoms with E-state index in [9.17, 15) is 4.79 Å². The molecule has 4 rings (SSSR count). The van der Waals surface area contributed by atoms with Gasteiger partial charge >= 0.3 is 0 Å². The highest BCUT2D eigenvalue weighted by atomic mass is 16.5. The number of benzene rings is 1. The van der Waals surface area contributed by atoms with Crippen LogP contribution < -0.4 is 10.1 Å². The normalized spacial score (nSPS) is 20.9. The second-order valence-corrected chi connectivity index (χ2v) is 8.49. The summed E-state index contributed by atoms with van der Waals surface area (Å²) in [5, 5.41) is 4.56. The van der Waals surface area contributed by atoms with Gasteiger partial charge in [0.2, 0.25) is 5.91 Å². The minimum absolute atomic E-state index is 0.0362. The van der Waals surface area contributed by atoms with Gasteiger partial charge in [-0.25, -0.2) is 0 Å². The molecule has 0 spiro atoms. The van der Waals surface area contributed by atoms with Crippen LogP contribution in [0.4, 0.5) is 0 Å². The van der Waals surface area contributed by atoms with E-state index in [0.29, 0.717) is 12.0 Å². The van der Waals surface area contributed by atoms with Gasteiger partial charge in [0.05, 0.1) is 13.2 Å². The maximum atomic E-state index is 12.7. The van der Waals surface area contributed by atoms with Crippen molar-refractivity contribution in [3.05, 3.63) is 30.0 Å². The van der Waals surface area contributed by atoms with E-state index in [1.54, 1.807) is 7.11 Å². The molecule has 1 atom stereocenters. The Bertz CT molecular complexity index is 801. The van der Waals surface area contributed by atoms with Gasteiger partial charge in [0.15, 0.2) is 0 Å². The molecule has 1 unspecified atom stereocenters. The van der Waals surface area contributed by atoms with Gasteiger partial charge in [-0.1, -0.05) is 19.3 Å². The Hall–Kier alpha value is -2.01. The van der Waals surface area contributed by atoms with Crippen molar-refractivity contribution in [3.8, 4) is 5.75 Å². The van der Waals surface area contributed by atoms with Crippen LogP contribution in [0.1, 0.15) is 63.4 Å². The summed E-state index contributed by atoms with van der Waals surface area (Å²) >= 11 is 0. The predicted octanol–water partition coefficient (Wildman–Crippen LogP) is 4.19. The zero-order valence-corrected chi connectivity index (χ0v) is 17.2. The van der Waals surface area contributed by atoms with Crippen LogP contribution in [0.25, 0.3) is 10.9 Å². The maximum Gasteiger partial charge on any atom is 0.237 e. The molecule has 5 heteroatoms. The highest BCUT2D eigenvalue weighted by Crippen LogP contribution is 2.35. The van der Waals surface area contributed by atoms with Gasteiger partial charge in [-0.3, -0.25) is 9.69 Å². The minimum Gasteiger partial charge on any atom is -0.497 e. The molecule has 1 saturated carbocycles. The van der Waals surface area contributed by atoms with Gasteiger partial charge in [-0.15, -0.1) is 0 Å². The van der Waals surface area contributed by atoms with Gasteiger partial charge in [0.25, 0.3) is 0 Å². The molecule has 152 valence electrons. The van der Waals surface area contributed by atoms with E-state index >= 15 is 0 Å². The third kappa shape index (κ3) is 4.04. The van der Waals surface area contributed by atoms with Crippen LogP contribution in [0.3, 0.4) is 0 Å². The van der Waals surface area contributed by atoms with Gasteiger partial charge in [0, 0.05) is 23.1 Å². The lowest BCUT2D eigenvalue weighted by Gasteiger charge is -2.36. The van der Waals surface area contributed by atoms with Gasteiger partial charge in [-0.05, 0) is 75.4 Å². The fraction of sp³-hybridized carbons (Fsp3) is 0.609. The van der Waals surface area contributed by atoms with Crippen LogP contribution in [-0.4, -0.2) is 48.1 Å². The van der Waals surface area contributed by atoms with Gasteiger partial charge in [-0.2, -0.15) is 0 Å². The fourth-order valence-corrected chi connectivity index (χ4v) is 4.92. The fourth-order valence-electron chi connectivity index (χ4n) is 4.92. The van der Waals surface area contributed by atoms with E-state index in [2.05, 4.69) is 40.5 Å². The molecular weight excluding hydrogens is 350 g/mol. The summed E-state index contributed by atoms with van der Waals surface area (Å²) in [6, 6.07) is 6.57. The number of carbonyl (C=O) groups is 1. The Kier molecular flexibility index (Phi) is 5.90. The number of ether oxygens (including phenoxy) is 1. The van der Waals surface area contributed by atoms with Crippen molar-refractivity contribution in [2.45, 2.75) is 69.9 Å². The molecule has 2 heterocycles. The number of nitrogens with zero attached hydrogens (tertiary/aromatic N) is 1. The zero-order chi connectivity index (χ0) is 19.5. The predicted molar refractivity (Wildman–Crippen MR) is 113 cm³/mol. The molecular formula is C23H33N3O2. The van der Waals surface area contributed by atoms with Crippen LogP contribution >= 0.6 is 0 Å². The number of rotatable bonds is 5. The van der Waals surface area contributed by atoms with Crippen LogP contribution in [-0.2, 0) is 4.79 Å². The highest BCUT2D eigenvalue weighted by molar-refractivity contribution is 5.85. The molecule has 5 nitrogen and oxygen atoms in total. The number of piperidine rings is 1. The Morgan fingerprint density at radius 1 is 1.18 bits per heavy atom. The molecule has 2 aliphatic rings. The SMILES string of the molecule is COc1ccc2[nH]cc(C3CCN(C(C)C(=O)NC4CCCCC4)CC3)c2c1. The molecule has 2 fully saturated rings. The monoisotopic (exact) mass is 383 g/mol. The third-order valence-corrected chi connectivity index (χ3v) is 6.77. The van der Waals surface area contributed by atoms with Crippen molar-refractivity contribution >= 4 is 16.8 Å². The number of hydrogen-bond acceptors (Lipinski definition) is 3. The van der Waals surface area contributed by atoms with Crippen molar-refractivity contribution in [2.75, 3.05) is 20.2 Å². The number of fused-ring (bicyclic) bond motifs is 1. The molecule has 1 amide bonds. The summed E-state index contributed by atoms with van der Waals surface area (Å²) in [4.78, 5) is 18.4. The first kappa shape index (κ1) is 19.3. The highest BCUT2D eigenvalue weighted by Gasteiger charge is 2.29. The topological polar surface area (TPSA) is 57.4 Å². The van der Waals surface area contributed by atoms with E-state index < -0.39 is 0 Å². The van der Waals surface area contributed by atoms with Gasteiger partial charge < -0.3 is 15.0 Å². The Morgan fingerprint density at radius 2 is 1.93 bits per heavy atom. The minimum atomic E-state index is -0.0362. The van der Waals surface area contributed by atoms with Crippen molar-refractivity contribution in [3.63, 3.8) is 0 Å². The summed E-state index contributed by atoms with van der Waals surface area (Å²) in [6.45, 7) is 4.01. The smallest absolute Gasteiger partial charge is 0.237 e. The number of carbonyl (C=O) groups excluding carboxylic acids is 1. The molecule has 28 heavy (non-hydrogen) atoms. The van der Waals surface area contributed by atoms with Crippen LogP contribution in [0.2, 0.25) is 0 Å². The molecule has 1 aliphatic heterocycles. The number of amides is 1. The lowest BCUT2D eigenvalue weighted by Crippen LogP contribution is -2.50. The summed E-state index contributed by atoms with van der Waals surface area (Å²) < 4.78 is 5.40. The first-order valence-electron chi connectivity index (χ1n) is 10.8. The molecule has 2 N–H and O–H groups in total. The van der Waals surface area contributed by atoms with E-state index in [-0.39, 0.29) is 11.9 Å². The summed E-state index contributed by atoms with van der Waals surface area (Å²) in [6.07, 6.45) is 10.4. The first-order valence-corrected chi connectivity index (χ1v) is 10.8. The number of H-pyrrole nitrogens is 1. The Morgan fingerprint density at radius 3 is 2.64 bits per heavy atom. The van der Waals surface area contributed by atoms with Crippen molar-refractivity contribution in [1.29, 1.82) is 0 Å². The average molecular weight is 384 g/mol. The zero-order valence-electron chi connectivity index (χ0n) is 17.2. The van der Waals surface area contributed by atoms with Crippen LogP contribution in [0, 0.1) is 0 Å². The number of methoxy groups -OCH3 is 1. The summed E-state index contributed by atoms with van der Waals surface area (Å²) in [7, 11) is 1.71. The van der Waals surface area contributed by atoms with E-state index in [0.717, 1.165) is 44.5 Å². The van der Waals surface area contributed by atoms with E-state index in [1.807, 2.05) is 6.07 Å². The molecule has 2 aromatic rings. The molecule has 0 radical (unpaired) electrons.